The van der Waals surface area contributed by atoms with Crippen molar-refractivity contribution in [2.75, 3.05) is 0 Å². The SMILES string of the molecule is BC1=CC=C(C(C2=CCCCC2)(c2ccccc2)c2ccc(C)cc2)CC1. The minimum Gasteiger partial charge on any atom is -0.110 e. The topological polar surface area (TPSA) is 0 Å². The number of benzene rings is 2. The molecule has 1 atom stereocenters. The van der Waals surface area contributed by atoms with E-state index in [2.05, 4.69) is 87.6 Å². The highest BCUT2D eigenvalue weighted by molar-refractivity contribution is 6.21. The van der Waals surface area contributed by atoms with E-state index in [0.717, 1.165) is 6.42 Å². The lowest BCUT2D eigenvalue weighted by Crippen LogP contribution is -2.34. The molecule has 0 amide bonds. The van der Waals surface area contributed by atoms with Crippen LogP contribution in [0.4, 0.5) is 0 Å². The molecule has 2 aromatic rings. The molecule has 0 aromatic heterocycles. The minimum atomic E-state index is -0.118. The molecule has 0 fully saturated rings. The molecule has 0 spiro atoms. The summed E-state index contributed by atoms with van der Waals surface area (Å²) in [7, 11) is 2.25. The molecule has 1 heteroatoms. The molecule has 0 saturated carbocycles. The van der Waals surface area contributed by atoms with Crippen LogP contribution in [-0.2, 0) is 5.41 Å². The molecule has 0 aliphatic heterocycles. The van der Waals surface area contributed by atoms with Gasteiger partial charge in [-0.15, -0.1) is 5.47 Å². The van der Waals surface area contributed by atoms with Crippen LogP contribution >= 0.6 is 0 Å². The zero-order valence-corrected chi connectivity index (χ0v) is 16.7. The van der Waals surface area contributed by atoms with Crippen molar-refractivity contribution >= 4 is 7.85 Å². The highest BCUT2D eigenvalue weighted by Gasteiger charge is 2.41. The fraction of sp³-hybridized carbons (Fsp3) is 0.308. The average Bonchev–Trinajstić information content (AvgIpc) is 2.73. The van der Waals surface area contributed by atoms with E-state index in [1.54, 1.807) is 11.1 Å². The van der Waals surface area contributed by atoms with Gasteiger partial charge in [-0.1, -0.05) is 89.5 Å². The van der Waals surface area contributed by atoms with Crippen molar-refractivity contribution in [2.45, 2.75) is 50.9 Å². The summed E-state index contributed by atoms with van der Waals surface area (Å²) in [5.74, 6) is 0. The van der Waals surface area contributed by atoms with E-state index in [1.165, 1.54) is 54.3 Å². The van der Waals surface area contributed by atoms with Gasteiger partial charge in [-0.05, 0) is 56.6 Å². The first-order valence-corrected chi connectivity index (χ1v) is 10.4. The Morgan fingerprint density at radius 3 is 2.11 bits per heavy atom. The lowest BCUT2D eigenvalue weighted by molar-refractivity contribution is 0.579. The summed E-state index contributed by atoms with van der Waals surface area (Å²) in [5.41, 5.74) is 8.69. The average molecular weight is 352 g/mol. The van der Waals surface area contributed by atoms with Crippen LogP contribution in [0.3, 0.4) is 0 Å². The van der Waals surface area contributed by atoms with Gasteiger partial charge in [0.2, 0.25) is 0 Å². The van der Waals surface area contributed by atoms with Crippen molar-refractivity contribution in [1.82, 2.24) is 0 Å². The van der Waals surface area contributed by atoms with Gasteiger partial charge in [0.25, 0.3) is 0 Å². The maximum absolute atomic E-state index is 2.54. The molecule has 1 unspecified atom stereocenters. The second kappa shape index (κ2) is 7.76. The Labute approximate surface area is 165 Å². The van der Waals surface area contributed by atoms with E-state index >= 15 is 0 Å². The number of aryl methyl sites for hydroxylation is 1. The molecular weight excluding hydrogens is 323 g/mol. The number of rotatable bonds is 4. The minimum absolute atomic E-state index is 0.118. The van der Waals surface area contributed by atoms with Gasteiger partial charge in [-0.2, -0.15) is 0 Å². The predicted octanol–water partition coefficient (Wildman–Crippen LogP) is 6.02. The zero-order valence-electron chi connectivity index (χ0n) is 16.7. The van der Waals surface area contributed by atoms with Crippen molar-refractivity contribution in [2.24, 2.45) is 0 Å². The first-order valence-electron chi connectivity index (χ1n) is 10.4. The molecule has 0 N–H and O–H groups in total. The lowest BCUT2D eigenvalue weighted by Gasteiger charge is -2.42. The summed E-state index contributed by atoms with van der Waals surface area (Å²) in [6, 6.07) is 20.5. The van der Waals surface area contributed by atoms with Crippen molar-refractivity contribution < 1.29 is 0 Å². The Bertz CT molecular complexity index is 884. The van der Waals surface area contributed by atoms with E-state index in [0.29, 0.717) is 0 Å². The maximum atomic E-state index is 2.54. The van der Waals surface area contributed by atoms with Gasteiger partial charge >= 0.3 is 0 Å². The molecule has 0 bridgehead atoms. The van der Waals surface area contributed by atoms with E-state index < -0.39 is 0 Å². The van der Waals surface area contributed by atoms with Crippen LogP contribution in [0, 0.1) is 6.92 Å². The smallest absolute Gasteiger partial charge is 0.110 e. The van der Waals surface area contributed by atoms with Crippen LogP contribution in [0.2, 0.25) is 0 Å². The second-order valence-electron chi connectivity index (χ2n) is 8.16. The van der Waals surface area contributed by atoms with E-state index in [4.69, 9.17) is 0 Å². The Balaban J connectivity index is 2.02. The van der Waals surface area contributed by atoms with E-state index in [1.807, 2.05) is 0 Å². The van der Waals surface area contributed by atoms with Crippen LogP contribution < -0.4 is 0 Å². The third kappa shape index (κ3) is 3.36. The summed E-state index contributed by atoms with van der Waals surface area (Å²) in [4.78, 5) is 0. The van der Waals surface area contributed by atoms with Gasteiger partial charge in [0.15, 0.2) is 0 Å². The van der Waals surface area contributed by atoms with Crippen LogP contribution in [-0.4, -0.2) is 7.85 Å². The molecule has 0 saturated heterocycles. The summed E-state index contributed by atoms with van der Waals surface area (Å²) in [5, 5.41) is 0. The Morgan fingerprint density at radius 1 is 0.741 bits per heavy atom. The lowest BCUT2D eigenvalue weighted by atomic mass is 9.60. The third-order valence-electron chi connectivity index (χ3n) is 6.30. The summed E-state index contributed by atoms with van der Waals surface area (Å²) < 4.78 is 0. The van der Waals surface area contributed by atoms with Gasteiger partial charge in [0.05, 0.1) is 5.41 Å². The quantitative estimate of drug-likeness (QED) is 0.466. The first-order chi connectivity index (χ1) is 13.2. The third-order valence-corrected chi connectivity index (χ3v) is 6.30. The van der Waals surface area contributed by atoms with Gasteiger partial charge in [-0.25, -0.2) is 0 Å². The molecule has 136 valence electrons. The molecular formula is C26H29B. The molecule has 2 aromatic carbocycles. The van der Waals surface area contributed by atoms with E-state index in [-0.39, 0.29) is 5.41 Å². The fourth-order valence-electron chi connectivity index (χ4n) is 4.84. The summed E-state index contributed by atoms with van der Waals surface area (Å²) >= 11 is 0. The molecule has 2 aliphatic carbocycles. The van der Waals surface area contributed by atoms with Crippen LogP contribution in [0.15, 0.2) is 89.4 Å². The maximum Gasteiger partial charge on any atom is 0.133 e. The molecule has 0 radical (unpaired) electrons. The normalized spacial score (nSPS) is 19.5. The summed E-state index contributed by atoms with van der Waals surface area (Å²) in [6.07, 6.45) is 14.6. The number of allylic oxidation sites excluding steroid dienone is 6. The number of hydrogen-bond donors (Lipinski definition) is 0. The monoisotopic (exact) mass is 352 g/mol. The second-order valence-corrected chi connectivity index (χ2v) is 8.16. The molecule has 27 heavy (non-hydrogen) atoms. The van der Waals surface area contributed by atoms with Crippen LogP contribution in [0.5, 0.6) is 0 Å². The van der Waals surface area contributed by atoms with Crippen molar-refractivity contribution in [3.63, 3.8) is 0 Å². The standard InChI is InChI=1S/C26H29B/c1-20-12-14-23(15-13-20)26(21-8-4-2-5-9-21,22-10-6-3-7-11-22)24-16-18-25(27)19-17-24/h2,4-5,8-10,12-16,18H,3,6-7,11,17,19,27H2,1H3. The van der Waals surface area contributed by atoms with Crippen molar-refractivity contribution in [3.8, 4) is 0 Å². The Kier molecular flexibility index (Phi) is 5.21. The highest BCUT2D eigenvalue weighted by Crippen LogP contribution is 2.50. The summed E-state index contributed by atoms with van der Waals surface area (Å²) in [6.45, 7) is 2.18. The fourth-order valence-corrected chi connectivity index (χ4v) is 4.84. The van der Waals surface area contributed by atoms with Gasteiger partial charge in [-0.3, -0.25) is 0 Å². The largest absolute Gasteiger partial charge is 0.133 e. The molecule has 0 nitrogen and oxygen atoms in total. The van der Waals surface area contributed by atoms with Crippen LogP contribution in [0.25, 0.3) is 0 Å². The molecule has 2 aliphatic rings. The number of hydrogen-bond acceptors (Lipinski definition) is 0. The van der Waals surface area contributed by atoms with Gasteiger partial charge < -0.3 is 0 Å². The predicted molar refractivity (Wildman–Crippen MR) is 119 cm³/mol. The Hall–Kier alpha value is -2.28. The van der Waals surface area contributed by atoms with Gasteiger partial charge in [0.1, 0.15) is 7.85 Å². The molecule has 4 rings (SSSR count). The van der Waals surface area contributed by atoms with Crippen molar-refractivity contribution in [3.05, 3.63) is 106 Å². The van der Waals surface area contributed by atoms with E-state index in [9.17, 15) is 0 Å². The Morgan fingerprint density at radius 2 is 1.48 bits per heavy atom. The van der Waals surface area contributed by atoms with Crippen LogP contribution in [0.1, 0.15) is 55.2 Å². The molecule has 0 heterocycles. The highest BCUT2D eigenvalue weighted by atomic mass is 14.4. The van der Waals surface area contributed by atoms with Gasteiger partial charge in [0, 0.05) is 0 Å². The van der Waals surface area contributed by atoms with Crippen molar-refractivity contribution in [1.29, 1.82) is 0 Å². The zero-order chi connectivity index (χ0) is 18.7. The first kappa shape index (κ1) is 18.1.